The van der Waals surface area contributed by atoms with Gasteiger partial charge in [-0.15, -0.1) is 0 Å². The molecule has 0 N–H and O–H groups in total. The van der Waals surface area contributed by atoms with Gasteiger partial charge in [0.25, 0.3) is 0 Å². The van der Waals surface area contributed by atoms with E-state index in [1.54, 1.807) is 14.2 Å². The molecule has 1 heterocycles. The fourth-order valence-corrected chi connectivity index (χ4v) is 3.50. The summed E-state index contributed by atoms with van der Waals surface area (Å²) in [5, 5.41) is 0. The largest absolute Gasteiger partial charge is 0.493 e. The highest BCUT2D eigenvalue weighted by molar-refractivity contribution is 5.42. The molecule has 1 aromatic rings. The lowest BCUT2D eigenvalue weighted by Crippen LogP contribution is -2.47. The molecular formula is C21H34N2O2. The van der Waals surface area contributed by atoms with Crippen LogP contribution < -0.4 is 9.47 Å². The van der Waals surface area contributed by atoms with E-state index in [0.29, 0.717) is 6.04 Å². The van der Waals surface area contributed by atoms with Crippen molar-refractivity contribution in [3.63, 3.8) is 0 Å². The van der Waals surface area contributed by atoms with Crippen LogP contribution in [-0.4, -0.2) is 63.3 Å². The normalized spacial score (nSPS) is 19.3. The molecule has 2 rings (SSSR count). The lowest BCUT2D eigenvalue weighted by molar-refractivity contribution is 0.124. The van der Waals surface area contributed by atoms with Crippen molar-refractivity contribution in [1.82, 2.24) is 9.80 Å². The Morgan fingerprint density at radius 1 is 1.28 bits per heavy atom. The molecule has 0 aromatic heterocycles. The third kappa shape index (κ3) is 5.75. The fraction of sp³-hybridized carbons (Fsp3) is 0.619. The summed E-state index contributed by atoms with van der Waals surface area (Å²) in [7, 11) is 5.63. The van der Waals surface area contributed by atoms with Crippen molar-refractivity contribution < 1.29 is 9.47 Å². The van der Waals surface area contributed by atoms with E-state index in [9.17, 15) is 0 Å². The molecule has 0 radical (unpaired) electrons. The molecule has 0 amide bonds. The van der Waals surface area contributed by atoms with Gasteiger partial charge in [0.1, 0.15) is 0 Å². The van der Waals surface area contributed by atoms with E-state index in [-0.39, 0.29) is 0 Å². The maximum atomic E-state index is 5.41. The zero-order chi connectivity index (χ0) is 18.2. The Kier molecular flexibility index (Phi) is 7.79. The Hall–Kier alpha value is -1.52. The van der Waals surface area contributed by atoms with Crippen molar-refractivity contribution in [3.8, 4) is 11.5 Å². The summed E-state index contributed by atoms with van der Waals surface area (Å²) in [6.45, 7) is 8.93. The highest BCUT2D eigenvalue weighted by atomic mass is 16.5. The zero-order valence-corrected chi connectivity index (χ0v) is 16.5. The second-order valence-electron chi connectivity index (χ2n) is 7.09. The molecule has 1 unspecified atom stereocenters. The van der Waals surface area contributed by atoms with E-state index in [1.165, 1.54) is 37.1 Å². The number of likely N-dealkylation sites (N-methyl/N-ethyl adjacent to an activating group) is 1. The second kappa shape index (κ2) is 9.83. The lowest BCUT2D eigenvalue weighted by Gasteiger charge is -2.38. The Labute approximate surface area is 153 Å². The molecule has 0 spiro atoms. The summed E-state index contributed by atoms with van der Waals surface area (Å²) in [4.78, 5) is 5.12. The molecule has 1 aliphatic rings. The number of allylic oxidation sites excluding steroid dienone is 1. The highest BCUT2D eigenvalue weighted by Gasteiger charge is 2.23. The first kappa shape index (κ1) is 19.8. The molecule has 1 atom stereocenters. The van der Waals surface area contributed by atoms with Crippen LogP contribution in [0.25, 0.3) is 0 Å². The summed E-state index contributed by atoms with van der Waals surface area (Å²) in [6, 6.07) is 6.88. The van der Waals surface area contributed by atoms with Crippen LogP contribution in [0.15, 0.2) is 29.8 Å². The average Bonchev–Trinajstić information content (AvgIpc) is 2.65. The van der Waals surface area contributed by atoms with Crippen molar-refractivity contribution in [1.29, 1.82) is 0 Å². The Bertz CT molecular complexity index is 571. The Balaban J connectivity index is 1.88. The highest BCUT2D eigenvalue weighted by Crippen LogP contribution is 2.28. The maximum absolute atomic E-state index is 5.41. The monoisotopic (exact) mass is 346 g/mol. The maximum Gasteiger partial charge on any atom is 0.160 e. The molecule has 4 nitrogen and oxygen atoms in total. The van der Waals surface area contributed by atoms with Crippen LogP contribution >= 0.6 is 0 Å². The minimum Gasteiger partial charge on any atom is -0.493 e. The molecule has 1 aliphatic heterocycles. The summed E-state index contributed by atoms with van der Waals surface area (Å²) in [6.07, 6.45) is 5.85. The van der Waals surface area contributed by atoms with Crippen LogP contribution in [0.4, 0.5) is 0 Å². The van der Waals surface area contributed by atoms with E-state index in [1.807, 2.05) is 6.07 Å². The van der Waals surface area contributed by atoms with Crippen LogP contribution in [-0.2, 0) is 6.42 Å². The van der Waals surface area contributed by atoms with Crippen LogP contribution in [0, 0.1) is 0 Å². The van der Waals surface area contributed by atoms with Gasteiger partial charge in [-0.3, -0.25) is 4.90 Å². The molecule has 1 fully saturated rings. The molecule has 0 aliphatic carbocycles. The summed E-state index contributed by atoms with van der Waals surface area (Å²) in [5.41, 5.74) is 2.76. The Morgan fingerprint density at radius 3 is 2.72 bits per heavy atom. The molecule has 25 heavy (non-hydrogen) atoms. The molecule has 1 aromatic carbocycles. The number of ether oxygens (including phenoxy) is 2. The van der Waals surface area contributed by atoms with Crippen molar-refractivity contribution in [2.75, 3.05) is 47.4 Å². The number of benzene rings is 1. The van der Waals surface area contributed by atoms with Gasteiger partial charge < -0.3 is 14.4 Å². The topological polar surface area (TPSA) is 24.9 Å². The van der Waals surface area contributed by atoms with Crippen LogP contribution in [0.1, 0.15) is 32.3 Å². The standard InChI is InChI=1S/C21H34N2O2/c1-6-17(2)15-23-12-7-8-19(16-23)22(3)13-11-18-9-10-20(24-4)21(14-18)25-5/h6,9-10,14,19H,7-8,11-13,15-16H2,1-5H3. The van der Waals surface area contributed by atoms with Gasteiger partial charge in [0.15, 0.2) is 11.5 Å². The van der Waals surface area contributed by atoms with Crippen molar-refractivity contribution >= 4 is 0 Å². The number of hydrogen-bond acceptors (Lipinski definition) is 4. The summed E-state index contributed by atoms with van der Waals surface area (Å²) < 4.78 is 10.7. The van der Waals surface area contributed by atoms with Gasteiger partial charge in [0.05, 0.1) is 14.2 Å². The predicted molar refractivity (Wildman–Crippen MR) is 105 cm³/mol. The van der Waals surface area contributed by atoms with E-state index in [0.717, 1.165) is 31.0 Å². The third-order valence-electron chi connectivity index (χ3n) is 5.27. The second-order valence-corrected chi connectivity index (χ2v) is 7.09. The minimum atomic E-state index is 0.651. The first-order chi connectivity index (χ1) is 12.1. The minimum absolute atomic E-state index is 0.651. The van der Waals surface area contributed by atoms with Gasteiger partial charge in [-0.05, 0) is 64.4 Å². The van der Waals surface area contributed by atoms with E-state index in [2.05, 4.69) is 48.9 Å². The number of nitrogens with zero attached hydrogens (tertiary/aromatic N) is 2. The number of piperidine rings is 1. The van der Waals surface area contributed by atoms with Crippen molar-refractivity contribution in [2.45, 2.75) is 39.2 Å². The quantitative estimate of drug-likeness (QED) is 0.672. The molecule has 0 saturated carbocycles. The predicted octanol–water partition coefficient (Wildman–Crippen LogP) is 3.61. The Morgan fingerprint density at radius 2 is 2.04 bits per heavy atom. The first-order valence-electron chi connectivity index (χ1n) is 9.32. The molecule has 4 heteroatoms. The van der Waals surface area contributed by atoms with Crippen LogP contribution in [0.5, 0.6) is 11.5 Å². The van der Waals surface area contributed by atoms with Gasteiger partial charge in [0, 0.05) is 25.7 Å². The molecule has 140 valence electrons. The zero-order valence-electron chi connectivity index (χ0n) is 16.5. The molecule has 0 bridgehead atoms. The number of likely N-dealkylation sites (tertiary alicyclic amines) is 1. The number of hydrogen-bond donors (Lipinski definition) is 0. The smallest absolute Gasteiger partial charge is 0.160 e. The van der Waals surface area contributed by atoms with Gasteiger partial charge in [0.2, 0.25) is 0 Å². The van der Waals surface area contributed by atoms with Gasteiger partial charge in [-0.1, -0.05) is 17.7 Å². The van der Waals surface area contributed by atoms with Crippen LogP contribution in [0.2, 0.25) is 0 Å². The van der Waals surface area contributed by atoms with Crippen molar-refractivity contribution in [3.05, 3.63) is 35.4 Å². The van der Waals surface area contributed by atoms with E-state index < -0.39 is 0 Å². The van der Waals surface area contributed by atoms with Crippen LogP contribution in [0.3, 0.4) is 0 Å². The molecule has 1 saturated heterocycles. The van der Waals surface area contributed by atoms with E-state index >= 15 is 0 Å². The van der Waals surface area contributed by atoms with Gasteiger partial charge >= 0.3 is 0 Å². The summed E-state index contributed by atoms with van der Waals surface area (Å²) >= 11 is 0. The van der Waals surface area contributed by atoms with E-state index in [4.69, 9.17) is 9.47 Å². The number of methoxy groups -OCH3 is 2. The summed E-state index contributed by atoms with van der Waals surface area (Å²) in [5.74, 6) is 1.61. The SMILES string of the molecule is CC=C(C)CN1CCCC(N(C)CCc2ccc(OC)c(OC)c2)C1. The molecular weight excluding hydrogens is 312 g/mol. The average molecular weight is 347 g/mol. The fourth-order valence-electron chi connectivity index (χ4n) is 3.50. The van der Waals surface area contributed by atoms with Gasteiger partial charge in [-0.25, -0.2) is 0 Å². The third-order valence-corrected chi connectivity index (χ3v) is 5.27. The first-order valence-corrected chi connectivity index (χ1v) is 9.32. The number of rotatable bonds is 8. The van der Waals surface area contributed by atoms with Gasteiger partial charge in [-0.2, -0.15) is 0 Å². The lowest BCUT2D eigenvalue weighted by atomic mass is 10.0. The van der Waals surface area contributed by atoms with Crippen molar-refractivity contribution in [2.24, 2.45) is 0 Å².